The molecule has 2 unspecified atom stereocenters. The molecule has 57 valence electrons. The lowest BCUT2D eigenvalue weighted by molar-refractivity contribution is 0.0113. The van der Waals surface area contributed by atoms with Crippen LogP contribution in [0.15, 0.2) is 0 Å². The zero-order valence-corrected chi connectivity index (χ0v) is 6.09. The van der Waals surface area contributed by atoms with Gasteiger partial charge in [0.1, 0.15) is 0 Å². The molecular weight excluding hydrogens is 130 g/mol. The molecule has 1 rings (SSSR count). The average molecular weight is 142 g/mol. The maximum absolute atomic E-state index is 10.2. The molecule has 3 heteroatoms. The summed E-state index contributed by atoms with van der Waals surface area (Å²) in [6.07, 6.45) is 1.95. The smallest absolute Gasteiger partial charge is 0.204 e. The molecule has 3 nitrogen and oxygen atoms in total. The van der Waals surface area contributed by atoms with Crippen LogP contribution in [-0.2, 0) is 9.53 Å². The van der Waals surface area contributed by atoms with Crippen LogP contribution in [0.1, 0.15) is 6.92 Å². The Hall–Kier alpha value is -0.410. The fourth-order valence-corrected chi connectivity index (χ4v) is 0.983. The topological polar surface area (TPSA) is 38.3 Å². The third kappa shape index (κ3) is 1.78. The minimum absolute atomic E-state index is 0.0336. The van der Waals surface area contributed by atoms with E-state index in [0.29, 0.717) is 6.61 Å². The van der Waals surface area contributed by atoms with E-state index in [4.69, 9.17) is 4.74 Å². The van der Waals surface area contributed by atoms with Crippen LogP contribution in [0.4, 0.5) is 0 Å². The van der Waals surface area contributed by atoms with Crippen LogP contribution < -0.4 is 5.32 Å². The minimum Gasteiger partial charge on any atom is -0.375 e. The lowest BCUT2D eigenvalue weighted by atomic mass is 10.1. The zero-order chi connectivity index (χ0) is 7.40. The van der Waals surface area contributed by atoms with E-state index >= 15 is 0 Å². The van der Waals surface area contributed by atoms with Gasteiger partial charge in [-0.25, -0.2) is 0 Å². The van der Waals surface area contributed by atoms with Gasteiger partial charge in [0, 0.05) is 13.1 Å². The van der Waals surface area contributed by atoms with Gasteiger partial charge in [-0.05, 0) is 0 Å². The number of morpholine rings is 1. The highest BCUT2D eigenvalue weighted by molar-refractivity contribution is 5.54. The molecule has 0 spiro atoms. The van der Waals surface area contributed by atoms with Crippen molar-refractivity contribution in [1.82, 2.24) is 5.32 Å². The van der Waals surface area contributed by atoms with E-state index in [9.17, 15) is 4.79 Å². The molecule has 1 saturated heterocycles. The predicted octanol–water partition coefficient (Wildman–Crippen LogP) is -0.279. The second-order valence-corrected chi connectivity index (χ2v) is 2.52. The molecule has 0 aromatic rings. The monoisotopic (exact) mass is 142 g/mol. The number of rotatable bonds is 2. The fraction of sp³-hybridized carbons (Fsp3) is 0.857. The van der Waals surface area contributed by atoms with Crippen molar-refractivity contribution in [2.75, 3.05) is 19.7 Å². The molecule has 10 heavy (non-hydrogen) atoms. The highest BCUT2D eigenvalue weighted by Crippen LogP contribution is 2.05. The second kappa shape index (κ2) is 3.68. The average Bonchev–Trinajstić information content (AvgIpc) is 2.05. The molecule has 0 aliphatic carbocycles. The van der Waals surface area contributed by atoms with Crippen molar-refractivity contribution >= 4 is 6.29 Å². The molecule has 0 saturated carbocycles. The summed E-state index contributed by atoms with van der Waals surface area (Å²) in [5.41, 5.74) is 0. The Bertz CT molecular complexity index is 110. The van der Waals surface area contributed by atoms with Crippen molar-refractivity contribution in [3.05, 3.63) is 0 Å². The van der Waals surface area contributed by atoms with Crippen LogP contribution in [0.5, 0.6) is 0 Å². The number of nitrogens with one attached hydrogen (secondary N) is 1. The van der Waals surface area contributed by atoms with Gasteiger partial charge in [-0.1, -0.05) is 6.92 Å². The first kappa shape index (κ1) is 7.69. The number of hydrogen-bond acceptors (Lipinski definition) is 3. The molecule has 0 bridgehead atoms. The highest BCUT2D eigenvalue weighted by atomic mass is 16.5. The third-order valence-corrected chi connectivity index (χ3v) is 1.70. The Morgan fingerprint density at radius 3 is 3.10 bits per heavy atom. The molecule has 2 atom stereocenters. The predicted molar refractivity (Wildman–Crippen MR) is 37.5 cm³/mol. The van der Waals surface area contributed by atoms with Crippen LogP contribution in [0.25, 0.3) is 0 Å². The van der Waals surface area contributed by atoms with Crippen molar-refractivity contribution in [3.8, 4) is 0 Å². The lowest BCUT2D eigenvalue weighted by Gasteiger charge is -2.25. The van der Waals surface area contributed by atoms with Crippen molar-refractivity contribution in [2.45, 2.75) is 13.0 Å². The molecule has 1 aliphatic rings. The molecule has 0 aromatic carbocycles. The van der Waals surface area contributed by atoms with Gasteiger partial charge in [0.05, 0.1) is 18.6 Å². The maximum atomic E-state index is 10.2. The first-order chi connectivity index (χ1) is 4.84. The second-order valence-electron chi connectivity index (χ2n) is 2.52. The molecule has 1 N–H and O–H groups in total. The molecule has 0 aromatic heterocycles. The van der Waals surface area contributed by atoms with Crippen LogP contribution in [0.3, 0.4) is 0 Å². The van der Waals surface area contributed by atoms with Crippen LogP contribution in [0, 0.1) is 5.92 Å². The molecular formula is C7H12NO2. The van der Waals surface area contributed by atoms with Gasteiger partial charge < -0.3 is 10.1 Å². The SMILES string of the molecule is CC([C]=O)C1CNCCO1. The fourth-order valence-electron chi connectivity index (χ4n) is 0.983. The Balaban J connectivity index is 2.30. The molecule has 1 heterocycles. The lowest BCUT2D eigenvalue weighted by Crippen LogP contribution is -2.42. The van der Waals surface area contributed by atoms with Gasteiger partial charge in [-0.15, -0.1) is 0 Å². The van der Waals surface area contributed by atoms with Crippen molar-refractivity contribution < 1.29 is 9.53 Å². The minimum atomic E-state index is -0.104. The van der Waals surface area contributed by atoms with E-state index in [1.807, 2.05) is 13.2 Å². The summed E-state index contributed by atoms with van der Waals surface area (Å²) in [6.45, 7) is 4.19. The van der Waals surface area contributed by atoms with E-state index < -0.39 is 0 Å². The van der Waals surface area contributed by atoms with Gasteiger partial charge in [-0.3, -0.25) is 4.79 Å². The Kier molecular flexibility index (Phi) is 2.83. The Morgan fingerprint density at radius 1 is 1.80 bits per heavy atom. The molecule has 1 fully saturated rings. The Morgan fingerprint density at radius 2 is 2.60 bits per heavy atom. The molecule has 0 amide bonds. The summed E-state index contributed by atoms with van der Waals surface area (Å²) >= 11 is 0. The van der Waals surface area contributed by atoms with E-state index in [1.54, 1.807) is 0 Å². The van der Waals surface area contributed by atoms with Gasteiger partial charge in [0.15, 0.2) is 0 Å². The molecule has 1 radical (unpaired) electrons. The maximum Gasteiger partial charge on any atom is 0.204 e. The van der Waals surface area contributed by atoms with Gasteiger partial charge in [-0.2, -0.15) is 0 Å². The van der Waals surface area contributed by atoms with E-state index in [2.05, 4.69) is 5.32 Å². The van der Waals surface area contributed by atoms with Gasteiger partial charge in [0.2, 0.25) is 6.29 Å². The summed E-state index contributed by atoms with van der Waals surface area (Å²) < 4.78 is 5.31. The summed E-state index contributed by atoms with van der Waals surface area (Å²) in [5.74, 6) is -0.104. The first-order valence-corrected chi connectivity index (χ1v) is 3.54. The van der Waals surface area contributed by atoms with Crippen molar-refractivity contribution in [3.63, 3.8) is 0 Å². The van der Waals surface area contributed by atoms with Crippen molar-refractivity contribution in [1.29, 1.82) is 0 Å². The van der Waals surface area contributed by atoms with E-state index in [-0.39, 0.29) is 12.0 Å². The number of ether oxygens (including phenoxy) is 1. The summed E-state index contributed by atoms with van der Waals surface area (Å²) in [4.78, 5) is 10.2. The van der Waals surface area contributed by atoms with Crippen LogP contribution in [0.2, 0.25) is 0 Å². The summed E-state index contributed by atoms with van der Waals surface area (Å²) in [7, 11) is 0. The first-order valence-electron chi connectivity index (χ1n) is 3.54. The van der Waals surface area contributed by atoms with E-state index in [1.165, 1.54) is 0 Å². The number of hydrogen-bond donors (Lipinski definition) is 1. The quantitative estimate of drug-likeness (QED) is 0.576. The standard InChI is InChI=1S/C7H12NO2/c1-6(5-9)7-4-8-2-3-10-7/h6-8H,2-4H2,1H3. The van der Waals surface area contributed by atoms with Crippen LogP contribution >= 0.6 is 0 Å². The third-order valence-electron chi connectivity index (χ3n) is 1.70. The highest BCUT2D eigenvalue weighted by Gasteiger charge is 2.19. The van der Waals surface area contributed by atoms with Crippen LogP contribution in [-0.4, -0.2) is 32.1 Å². The number of carbonyl (C=O) groups excluding carboxylic acids is 1. The molecule has 1 aliphatic heterocycles. The Labute approximate surface area is 60.7 Å². The normalized spacial score (nSPS) is 29.5. The van der Waals surface area contributed by atoms with Gasteiger partial charge in [0.25, 0.3) is 0 Å². The zero-order valence-electron chi connectivity index (χ0n) is 6.09. The summed E-state index contributed by atoms with van der Waals surface area (Å²) in [5, 5.41) is 3.15. The van der Waals surface area contributed by atoms with Crippen molar-refractivity contribution in [2.24, 2.45) is 5.92 Å². The largest absolute Gasteiger partial charge is 0.375 e. The summed E-state index contributed by atoms with van der Waals surface area (Å²) in [6, 6.07) is 0. The van der Waals surface area contributed by atoms with Gasteiger partial charge >= 0.3 is 0 Å². The van der Waals surface area contributed by atoms with E-state index in [0.717, 1.165) is 13.1 Å².